The lowest BCUT2D eigenvalue weighted by molar-refractivity contribution is -0.119. The largest absolute Gasteiger partial charge is 0.493 e. The first-order valence-electron chi connectivity index (χ1n) is 12.4. The minimum absolute atomic E-state index is 0.0357. The van der Waals surface area contributed by atoms with E-state index >= 15 is 0 Å². The number of nitrogens with zero attached hydrogens (tertiary/aromatic N) is 2. The lowest BCUT2D eigenvalue weighted by atomic mass is 10.1. The summed E-state index contributed by atoms with van der Waals surface area (Å²) in [7, 11) is -1.23. The van der Waals surface area contributed by atoms with E-state index in [1.807, 2.05) is 12.1 Å². The summed E-state index contributed by atoms with van der Waals surface area (Å²) in [6.45, 7) is 3.07. The Bertz CT molecular complexity index is 1340. The average molecular weight is 558 g/mol. The Morgan fingerprint density at radius 3 is 2.18 bits per heavy atom. The zero-order chi connectivity index (χ0) is 27.1. The monoisotopic (exact) mass is 557 g/mol. The van der Waals surface area contributed by atoms with Gasteiger partial charge >= 0.3 is 0 Å². The van der Waals surface area contributed by atoms with Crippen molar-refractivity contribution in [1.82, 2.24) is 10.2 Å². The number of ether oxygens (including phenoxy) is 2. The number of halogens is 1. The molecule has 0 unspecified atom stereocenters. The molecule has 0 spiro atoms. The second kappa shape index (κ2) is 12.5. The molecule has 0 atom stereocenters. The number of methoxy groups -OCH3 is 2. The van der Waals surface area contributed by atoms with Gasteiger partial charge in [0.1, 0.15) is 6.54 Å². The van der Waals surface area contributed by atoms with Crippen LogP contribution in [0.5, 0.6) is 11.5 Å². The van der Waals surface area contributed by atoms with E-state index in [9.17, 15) is 13.2 Å². The second-order valence-electron chi connectivity index (χ2n) is 9.08. The maximum atomic E-state index is 13.7. The first kappa shape index (κ1) is 27.8. The normalized spacial score (nSPS) is 13.8. The number of nitrogens with one attached hydrogen (secondary N) is 1. The number of hydrogen-bond donors (Lipinski definition) is 1. The Morgan fingerprint density at radius 1 is 0.921 bits per heavy atom. The molecule has 1 amide bonds. The Morgan fingerprint density at radius 2 is 1.55 bits per heavy atom. The highest BCUT2D eigenvalue weighted by atomic mass is 35.5. The number of anilines is 1. The van der Waals surface area contributed by atoms with Crippen LogP contribution >= 0.6 is 11.6 Å². The van der Waals surface area contributed by atoms with E-state index in [4.69, 9.17) is 21.1 Å². The summed E-state index contributed by atoms with van der Waals surface area (Å²) in [6, 6.07) is 18.7. The van der Waals surface area contributed by atoms with Crippen molar-refractivity contribution in [3.63, 3.8) is 0 Å². The second-order valence-corrected chi connectivity index (χ2v) is 11.4. The van der Waals surface area contributed by atoms with Gasteiger partial charge < -0.3 is 14.8 Å². The molecular formula is C28H32ClN3O5S. The predicted molar refractivity (Wildman–Crippen MR) is 148 cm³/mol. The fourth-order valence-corrected chi connectivity index (χ4v) is 5.94. The summed E-state index contributed by atoms with van der Waals surface area (Å²) in [5, 5.41) is 3.29. The molecule has 38 heavy (non-hydrogen) atoms. The molecule has 8 nitrogen and oxygen atoms in total. The Balaban J connectivity index is 1.48. The van der Waals surface area contributed by atoms with Crippen molar-refractivity contribution in [1.29, 1.82) is 0 Å². The number of amides is 1. The summed E-state index contributed by atoms with van der Waals surface area (Å²) in [6.07, 6.45) is 2.50. The van der Waals surface area contributed by atoms with Gasteiger partial charge in [-0.3, -0.25) is 14.0 Å². The number of likely N-dealkylation sites (tertiary alicyclic amines) is 1. The summed E-state index contributed by atoms with van der Waals surface area (Å²) < 4.78 is 38.9. The van der Waals surface area contributed by atoms with E-state index in [2.05, 4.69) is 22.3 Å². The van der Waals surface area contributed by atoms with Gasteiger partial charge in [-0.25, -0.2) is 8.42 Å². The number of rotatable bonds is 11. The third kappa shape index (κ3) is 6.78. The minimum Gasteiger partial charge on any atom is -0.493 e. The van der Waals surface area contributed by atoms with Crippen molar-refractivity contribution in [2.45, 2.75) is 30.8 Å². The highest BCUT2D eigenvalue weighted by Gasteiger charge is 2.28. The molecule has 10 heteroatoms. The zero-order valence-corrected chi connectivity index (χ0v) is 23.1. The first-order chi connectivity index (χ1) is 18.3. The fourth-order valence-electron chi connectivity index (χ4n) is 4.38. The number of benzene rings is 3. The van der Waals surface area contributed by atoms with Crippen LogP contribution in [-0.2, 0) is 27.9 Å². The van der Waals surface area contributed by atoms with Gasteiger partial charge in [-0.2, -0.15) is 0 Å². The van der Waals surface area contributed by atoms with Crippen molar-refractivity contribution < 1.29 is 22.7 Å². The van der Waals surface area contributed by atoms with Crippen LogP contribution < -0.4 is 19.1 Å². The van der Waals surface area contributed by atoms with Crippen LogP contribution in [-0.4, -0.2) is 53.1 Å². The molecule has 1 saturated heterocycles. The minimum atomic E-state index is -4.13. The summed E-state index contributed by atoms with van der Waals surface area (Å²) in [5.41, 5.74) is 2.48. The molecule has 1 aliphatic rings. The van der Waals surface area contributed by atoms with Crippen LogP contribution in [0.3, 0.4) is 0 Å². The van der Waals surface area contributed by atoms with Crippen LogP contribution in [0.1, 0.15) is 24.0 Å². The zero-order valence-electron chi connectivity index (χ0n) is 21.5. The third-order valence-corrected chi connectivity index (χ3v) is 8.48. The standard InChI is InChI=1S/C28H32ClN3O5S/c1-36-26-14-13-25(17-27(26)37-2)38(34,35)32(24-11-9-23(29)10-12-24)20-28(33)30-18-21-5-7-22(8-6-21)19-31-15-3-4-16-31/h5-14,17H,3-4,15-16,18-20H2,1-2H3,(H,30,33). The van der Waals surface area contributed by atoms with Gasteiger partial charge in [0.15, 0.2) is 11.5 Å². The van der Waals surface area contributed by atoms with E-state index < -0.39 is 22.5 Å². The van der Waals surface area contributed by atoms with E-state index in [-0.39, 0.29) is 17.2 Å². The van der Waals surface area contributed by atoms with E-state index in [1.54, 1.807) is 24.3 Å². The molecule has 1 heterocycles. The molecule has 202 valence electrons. The highest BCUT2D eigenvalue weighted by molar-refractivity contribution is 7.92. The number of carbonyl (C=O) groups excluding carboxylic acids is 1. The van der Waals surface area contributed by atoms with Crippen LogP contribution in [0.25, 0.3) is 0 Å². The van der Waals surface area contributed by atoms with E-state index in [0.29, 0.717) is 16.5 Å². The molecule has 0 radical (unpaired) electrons. The van der Waals surface area contributed by atoms with Crippen molar-refractivity contribution in [3.05, 3.63) is 82.9 Å². The van der Waals surface area contributed by atoms with Crippen molar-refractivity contribution >= 4 is 33.2 Å². The van der Waals surface area contributed by atoms with Crippen molar-refractivity contribution in [3.8, 4) is 11.5 Å². The smallest absolute Gasteiger partial charge is 0.264 e. The fraction of sp³-hybridized carbons (Fsp3) is 0.321. The first-order valence-corrected chi connectivity index (χ1v) is 14.2. The van der Waals surface area contributed by atoms with E-state index in [1.165, 1.54) is 50.8 Å². The maximum Gasteiger partial charge on any atom is 0.264 e. The molecule has 0 aromatic heterocycles. The SMILES string of the molecule is COc1ccc(S(=O)(=O)N(CC(=O)NCc2ccc(CN3CCCC3)cc2)c2ccc(Cl)cc2)cc1OC. The molecule has 1 N–H and O–H groups in total. The van der Waals surface area contributed by atoms with Gasteiger partial charge in [0.2, 0.25) is 5.91 Å². The van der Waals surface area contributed by atoms with Crippen LogP contribution in [0, 0.1) is 0 Å². The van der Waals surface area contributed by atoms with Crippen LogP contribution in [0.15, 0.2) is 71.6 Å². The quantitative estimate of drug-likeness (QED) is 0.374. The summed E-state index contributed by atoms with van der Waals surface area (Å²) in [4.78, 5) is 15.4. The molecule has 3 aromatic carbocycles. The highest BCUT2D eigenvalue weighted by Crippen LogP contribution is 2.32. The molecule has 4 rings (SSSR count). The number of hydrogen-bond acceptors (Lipinski definition) is 6. The predicted octanol–water partition coefficient (Wildman–Crippen LogP) is 4.46. The lowest BCUT2D eigenvalue weighted by Gasteiger charge is -2.24. The van der Waals surface area contributed by atoms with Crippen molar-refractivity contribution in [2.75, 3.05) is 38.2 Å². The van der Waals surface area contributed by atoms with Crippen LogP contribution in [0.4, 0.5) is 5.69 Å². The molecule has 0 aliphatic carbocycles. The molecule has 0 saturated carbocycles. The van der Waals surface area contributed by atoms with Crippen molar-refractivity contribution in [2.24, 2.45) is 0 Å². The van der Waals surface area contributed by atoms with Gasteiger partial charge in [-0.05, 0) is 73.5 Å². The van der Waals surface area contributed by atoms with Crippen LogP contribution in [0.2, 0.25) is 5.02 Å². The van der Waals surface area contributed by atoms with E-state index in [0.717, 1.165) is 29.5 Å². The van der Waals surface area contributed by atoms with Gasteiger partial charge in [0, 0.05) is 24.2 Å². The Kier molecular flexibility index (Phi) is 9.14. The maximum absolute atomic E-state index is 13.7. The molecule has 0 bridgehead atoms. The summed E-state index contributed by atoms with van der Waals surface area (Å²) >= 11 is 6.02. The number of sulfonamides is 1. The number of carbonyl (C=O) groups is 1. The van der Waals surface area contributed by atoms with Gasteiger partial charge in [-0.1, -0.05) is 35.9 Å². The summed E-state index contributed by atoms with van der Waals surface area (Å²) in [5.74, 6) is 0.223. The molecular weight excluding hydrogens is 526 g/mol. The Labute approximate surface area is 229 Å². The van der Waals surface area contributed by atoms with Gasteiger partial charge in [0.25, 0.3) is 10.0 Å². The molecule has 3 aromatic rings. The Hall–Kier alpha value is -3.27. The van der Waals surface area contributed by atoms with Gasteiger partial charge in [-0.15, -0.1) is 0 Å². The third-order valence-electron chi connectivity index (χ3n) is 6.46. The van der Waals surface area contributed by atoms with Gasteiger partial charge in [0.05, 0.1) is 24.8 Å². The molecule has 1 fully saturated rings. The molecule has 1 aliphatic heterocycles. The average Bonchev–Trinajstić information content (AvgIpc) is 3.44. The topological polar surface area (TPSA) is 88.2 Å². The lowest BCUT2D eigenvalue weighted by Crippen LogP contribution is -2.40.